The van der Waals surface area contributed by atoms with E-state index in [2.05, 4.69) is 4.98 Å². The van der Waals surface area contributed by atoms with E-state index in [9.17, 15) is 4.79 Å². The molecule has 1 amide bonds. The minimum absolute atomic E-state index is 0.0738. The average molecular weight is 260 g/mol. The van der Waals surface area contributed by atoms with Crippen molar-refractivity contribution in [2.75, 3.05) is 26.8 Å². The third-order valence-corrected chi connectivity index (χ3v) is 3.34. The lowest BCUT2D eigenvalue weighted by Crippen LogP contribution is -2.40. The first-order valence-corrected chi connectivity index (χ1v) is 6.65. The van der Waals surface area contributed by atoms with Gasteiger partial charge in [0.2, 0.25) is 5.91 Å². The summed E-state index contributed by atoms with van der Waals surface area (Å²) >= 11 is 0. The van der Waals surface area contributed by atoms with E-state index < -0.39 is 0 Å². The topological polar surface area (TPSA) is 42.4 Å². The Morgan fingerprint density at radius 1 is 1.63 bits per heavy atom. The molecule has 0 spiro atoms. The summed E-state index contributed by atoms with van der Waals surface area (Å²) in [7, 11) is 1.71. The van der Waals surface area contributed by atoms with Crippen molar-refractivity contribution in [3.63, 3.8) is 0 Å². The summed E-state index contributed by atoms with van der Waals surface area (Å²) < 4.78 is 5.17. The Hall–Kier alpha value is -1.68. The first-order valence-electron chi connectivity index (χ1n) is 6.65. The third kappa shape index (κ3) is 4.17. The zero-order valence-electron chi connectivity index (χ0n) is 11.3. The van der Waals surface area contributed by atoms with Crippen molar-refractivity contribution in [2.45, 2.75) is 12.8 Å². The summed E-state index contributed by atoms with van der Waals surface area (Å²) in [6.45, 7) is 2.37. The van der Waals surface area contributed by atoms with Gasteiger partial charge in [0.25, 0.3) is 0 Å². The molecule has 1 aliphatic heterocycles. The van der Waals surface area contributed by atoms with Crippen LogP contribution in [0, 0.1) is 5.92 Å². The molecule has 1 aromatic rings. The number of methoxy groups -OCH3 is 1. The minimum Gasteiger partial charge on any atom is -0.384 e. The molecular formula is C15H20N2O2. The highest BCUT2D eigenvalue weighted by molar-refractivity contribution is 5.91. The summed E-state index contributed by atoms with van der Waals surface area (Å²) in [6.07, 6.45) is 9.11. The van der Waals surface area contributed by atoms with Gasteiger partial charge in [0.05, 0.1) is 6.61 Å². The number of likely N-dealkylation sites (tertiary alicyclic amines) is 1. The summed E-state index contributed by atoms with van der Waals surface area (Å²) in [5.41, 5.74) is 0.946. The Balaban J connectivity index is 1.90. The third-order valence-electron chi connectivity index (χ3n) is 3.34. The normalized spacial score (nSPS) is 19.8. The van der Waals surface area contributed by atoms with Crippen molar-refractivity contribution in [1.82, 2.24) is 9.88 Å². The van der Waals surface area contributed by atoms with Gasteiger partial charge in [-0.25, -0.2) is 0 Å². The van der Waals surface area contributed by atoms with Gasteiger partial charge >= 0.3 is 0 Å². The lowest BCUT2D eigenvalue weighted by molar-refractivity contribution is -0.128. The summed E-state index contributed by atoms with van der Waals surface area (Å²) in [4.78, 5) is 18.0. The zero-order chi connectivity index (χ0) is 13.5. The van der Waals surface area contributed by atoms with Gasteiger partial charge < -0.3 is 9.64 Å². The quantitative estimate of drug-likeness (QED) is 0.777. The van der Waals surface area contributed by atoms with E-state index >= 15 is 0 Å². The van der Waals surface area contributed by atoms with Crippen LogP contribution in [0.2, 0.25) is 0 Å². The second-order valence-electron chi connectivity index (χ2n) is 4.87. The molecule has 0 bridgehead atoms. The Kier molecular flexibility index (Phi) is 5.10. The molecule has 0 unspecified atom stereocenters. The van der Waals surface area contributed by atoms with Gasteiger partial charge in [0.1, 0.15) is 0 Å². The van der Waals surface area contributed by atoms with Crippen LogP contribution in [0.5, 0.6) is 0 Å². The van der Waals surface area contributed by atoms with Crippen LogP contribution in [0.4, 0.5) is 0 Å². The van der Waals surface area contributed by atoms with Crippen molar-refractivity contribution in [1.29, 1.82) is 0 Å². The fourth-order valence-electron chi connectivity index (χ4n) is 2.38. The molecule has 19 heavy (non-hydrogen) atoms. The van der Waals surface area contributed by atoms with Crippen LogP contribution >= 0.6 is 0 Å². The van der Waals surface area contributed by atoms with Gasteiger partial charge in [-0.3, -0.25) is 9.78 Å². The molecule has 0 N–H and O–H groups in total. The number of ether oxygens (including phenoxy) is 1. The first kappa shape index (κ1) is 13.7. The molecule has 0 aliphatic carbocycles. The molecule has 1 aromatic heterocycles. The van der Waals surface area contributed by atoms with Gasteiger partial charge in [-0.1, -0.05) is 6.07 Å². The maximum absolute atomic E-state index is 12.1. The van der Waals surface area contributed by atoms with E-state index in [-0.39, 0.29) is 5.91 Å². The molecule has 1 atom stereocenters. The highest BCUT2D eigenvalue weighted by Crippen LogP contribution is 2.17. The van der Waals surface area contributed by atoms with Crippen molar-refractivity contribution < 1.29 is 9.53 Å². The van der Waals surface area contributed by atoms with E-state index in [0.29, 0.717) is 5.92 Å². The van der Waals surface area contributed by atoms with Crippen LogP contribution in [-0.2, 0) is 9.53 Å². The molecule has 2 rings (SSSR count). The molecule has 1 saturated heterocycles. The number of aromatic nitrogens is 1. The van der Waals surface area contributed by atoms with Crippen LogP contribution in [0.1, 0.15) is 18.4 Å². The van der Waals surface area contributed by atoms with E-state index in [1.807, 2.05) is 23.1 Å². The molecule has 1 fully saturated rings. The maximum atomic E-state index is 12.1. The lowest BCUT2D eigenvalue weighted by atomic mass is 9.99. The fraction of sp³-hybridized carbons (Fsp3) is 0.467. The molecular weight excluding hydrogens is 240 g/mol. The number of carbonyl (C=O) groups is 1. The molecule has 0 radical (unpaired) electrons. The highest BCUT2D eigenvalue weighted by atomic mass is 16.5. The second kappa shape index (κ2) is 7.04. The number of pyridine rings is 1. The number of amides is 1. The second-order valence-corrected chi connectivity index (χ2v) is 4.87. The van der Waals surface area contributed by atoms with Gasteiger partial charge in [-0.05, 0) is 36.5 Å². The molecule has 2 heterocycles. The van der Waals surface area contributed by atoms with Gasteiger partial charge in [-0.15, -0.1) is 0 Å². The van der Waals surface area contributed by atoms with Gasteiger partial charge in [0, 0.05) is 38.7 Å². The largest absolute Gasteiger partial charge is 0.384 e. The smallest absolute Gasteiger partial charge is 0.246 e. The van der Waals surface area contributed by atoms with Crippen LogP contribution in [0.25, 0.3) is 6.08 Å². The standard InChI is InChI=1S/C15H20N2O2/c1-19-12-14-5-3-9-17(11-14)15(18)7-6-13-4-2-8-16-10-13/h2,4,6-8,10,14H,3,5,9,11-12H2,1H3/b7-6+/t14-/m1/s1. The van der Waals surface area contributed by atoms with Crippen molar-refractivity contribution >= 4 is 12.0 Å². The Morgan fingerprint density at radius 2 is 2.53 bits per heavy atom. The summed E-state index contributed by atoms with van der Waals surface area (Å²) in [6, 6.07) is 3.79. The number of hydrogen-bond donors (Lipinski definition) is 0. The van der Waals surface area contributed by atoms with E-state index in [4.69, 9.17) is 4.74 Å². The molecule has 4 nitrogen and oxygen atoms in total. The predicted molar refractivity (Wildman–Crippen MR) is 74.5 cm³/mol. The van der Waals surface area contributed by atoms with Crippen LogP contribution in [0.3, 0.4) is 0 Å². The predicted octanol–water partition coefficient (Wildman–Crippen LogP) is 1.98. The first-order chi connectivity index (χ1) is 9.29. The maximum Gasteiger partial charge on any atom is 0.246 e. The molecule has 1 aliphatic rings. The van der Waals surface area contributed by atoms with Gasteiger partial charge in [0.15, 0.2) is 0 Å². The Morgan fingerprint density at radius 3 is 3.26 bits per heavy atom. The van der Waals surface area contributed by atoms with E-state index in [1.54, 1.807) is 25.6 Å². The van der Waals surface area contributed by atoms with E-state index in [1.165, 1.54) is 0 Å². The fourth-order valence-corrected chi connectivity index (χ4v) is 2.38. The van der Waals surface area contributed by atoms with Crippen LogP contribution < -0.4 is 0 Å². The van der Waals surface area contributed by atoms with Crippen molar-refractivity contribution in [2.24, 2.45) is 5.92 Å². The molecule has 102 valence electrons. The minimum atomic E-state index is 0.0738. The number of rotatable bonds is 4. The summed E-state index contributed by atoms with van der Waals surface area (Å²) in [5.74, 6) is 0.541. The highest BCUT2D eigenvalue weighted by Gasteiger charge is 2.21. The van der Waals surface area contributed by atoms with E-state index in [0.717, 1.165) is 38.1 Å². The zero-order valence-corrected chi connectivity index (χ0v) is 11.3. The SMILES string of the molecule is COC[C@@H]1CCCN(C(=O)/C=C/c2cccnc2)C1. The average Bonchev–Trinajstić information content (AvgIpc) is 2.46. The molecule has 0 aromatic carbocycles. The van der Waals surface area contributed by atoms with Crippen LogP contribution in [-0.4, -0.2) is 42.6 Å². The molecule has 4 heteroatoms. The monoisotopic (exact) mass is 260 g/mol. The number of carbonyl (C=O) groups excluding carboxylic acids is 1. The Bertz CT molecular complexity index is 429. The van der Waals surface area contributed by atoms with Crippen molar-refractivity contribution in [3.8, 4) is 0 Å². The number of hydrogen-bond acceptors (Lipinski definition) is 3. The van der Waals surface area contributed by atoms with Gasteiger partial charge in [-0.2, -0.15) is 0 Å². The van der Waals surface area contributed by atoms with Crippen molar-refractivity contribution in [3.05, 3.63) is 36.2 Å². The van der Waals surface area contributed by atoms with Crippen LogP contribution in [0.15, 0.2) is 30.6 Å². The summed E-state index contributed by atoms with van der Waals surface area (Å²) in [5, 5.41) is 0. The number of nitrogens with zero attached hydrogens (tertiary/aromatic N) is 2. The molecule has 0 saturated carbocycles. The lowest BCUT2D eigenvalue weighted by Gasteiger charge is -2.31. The number of piperidine rings is 1. The Labute approximate surface area is 114 Å².